The van der Waals surface area contributed by atoms with Gasteiger partial charge in [-0.3, -0.25) is 9.69 Å². The van der Waals surface area contributed by atoms with Gasteiger partial charge in [-0.25, -0.2) is 14.8 Å². The number of thiazole rings is 2. The summed E-state index contributed by atoms with van der Waals surface area (Å²) in [5, 5.41) is 15.1. The topological polar surface area (TPSA) is 105 Å². The second kappa shape index (κ2) is 9.98. The maximum Gasteiger partial charge on any atom is 0.410 e. The first-order chi connectivity index (χ1) is 15.9. The molecule has 1 aliphatic rings. The van der Waals surface area contributed by atoms with Crippen LogP contribution in [0.2, 0.25) is 0 Å². The summed E-state index contributed by atoms with van der Waals surface area (Å²) in [6, 6.07) is 9.24. The molecule has 10 heteroatoms. The standard InChI is InChI=1S/C23H26N4O4S2/c1-13(2)31-23(30)27-10-16(15-7-5-4-6-8-15)9-18(27)21(29)26-22-25-17(12-32-22)20-14(3)24-19(11-28)33-20/h4-8,12-13,16,18,28H,9-11H2,1-3H3,(H,25,26,29)/t16-,18+/m1/s1. The number of rotatable bonds is 6. The van der Waals surface area contributed by atoms with Gasteiger partial charge in [0.2, 0.25) is 5.91 Å². The van der Waals surface area contributed by atoms with Gasteiger partial charge in [0.25, 0.3) is 0 Å². The quantitative estimate of drug-likeness (QED) is 0.535. The average molecular weight is 487 g/mol. The molecule has 1 aromatic carbocycles. The van der Waals surface area contributed by atoms with E-state index in [4.69, 9.17) is 4.74 Å². The molecule has 8 nitrogen and oxygen atoms in total. The highest BCUT2D eigenvalue weighted by Gasteiger charge is 2.41. The number of aliphatic hydroxyl groups is 1. The minimum absolute atomic E-state index is 0.0465. The lowest BCUT2D eigenvalue weighted by Crippen LogP contribution is -2.44. The highest BCUT2D eigenvalue weighted by Crippen LogP contribution is 2.35. The molecule has 1 fully saturated rings. The number of likely N-dealkylation sites (tertiary alicyclic amines) is 1. The van der Waals surface area contributed by atoms with Gasteiger partial charge in [0, 0.05) is 17.8 Å². The van der Waals surface area contributed by atoms with Gasteiger partial charge in [0.05, 0.1) is 29.0 Å². The maximum absolute atomic E-state index is 13.2. The Morgan fingerprint density at radius 3 is 2.70 bits per heavy atom. The molecule has 0 unspecified atom stereocenters. The maximum atomic E-state index is 13.2. The summed E-state index contributed by atoms with van der Waals surface area (Å²) in [6.45, 7) is 5.74. The van der Waals surface area contributed by atoms with Gasteiger partial charge in [0.1, 0.15) is 11.0 Å². The second-order valence-corrected chi connectivity index (χ2v) is 10.1. The van der Waals surface area contributed by atoms with Crippen LogP contribution in [0.4, 0.5) is 9.93 Å². The van der Waals surface area contributed by atoms with Gasteiger partial charge in [-0.2, -0.15) is 0 Å². The third kappa shape index (κ3) is 5.23. The lowest BCUT2D eigenvalue weighted by atomic mass is 9.96. The summed E-state index contributed by atoms with van der Waals surface area (Å²) < 4.78 is 5.41. The van der Waals surface area contributed by atoms with E-state index in [1.165, 1.54) is 27.6 Å². The SMILES string of the molecule is Cc1nc(CO)sc1-c1csc(NC(=O)[C@@H]2C[C@@H](c3ccccc3)CN2C(=O)OC(C)C)n1. The van der Waals surface area contributed by atoms with Crippen molar-refractivity contribution in [1.29, 1.82) is 0 Å². The number of carbonyl (C=O) groups is 2. The second-order valence-electron chi connectivity index (χ2n) is 8.15. The van der Waals surface area contributed by atoms with Crippen molar-refractivity contribution in [2.45, 2.75) is 51.9 Å². The Bertz CT molecular complexity index is 1130. The van der Waals surface area contributed by atoms with Crippen molar-refractivity contribution in [2.24, 2.45) is 0 Å². The summed E-state index contributed by atoms with van der Waals surface area (Å²) >= 11 is 2.69. The van der Waals surface area contributed by atoms with E-state index < -0.39 is 12.1 Å². The number of aliphatic hydroxyl groups excluding tert-OH is 1. The summed E-state index contributed by atoms with van der Waals surface area (Å²) in [5.41, 5.74) is 2.58. The number of hydrogen-bond acceptors (Lipinski definition) is 8. The Labute approximate surface area is 200 Å². The van der Waals surface area contributed by atoms with Crippen molar-refractivity contribution in [3.8, 4) is 10.6 Å². The minimum Gasteiger partial charge on any atom is -0.447 e. The van der Waals surface area contributed by atoms with E-state index in [2.05, 4.69) is 15.3 Å². The van der Waals surface area contributed by atoms with Crippen LogP contribution in [-0.4, -0.2) is 50.7 Å². The molecule has 0 spiro atoms. The molecule has 2 amide bonds. The zero-order valence-corrected chi connectivity index (χ0v) is 20.3. The Balaban J connectivity index is 1.52. The van der Waals surface area contributed by atoms with Crippen LogP contribution in [0.15, 0.2) is 35.7 Å². The van der Waals surface area contributed by atoms with Crippen LogP contribution >= 0.6 is 22.7 Å². The van der Waals surface area contributed by atoms with Gasteiger partial charge < -0.3 is 15.2 Å². The van der Waals surface area contributed by atoms with E-state index in [9.17, 15) is 14.7 Å². The Morgan fingerprint density at radius 1 is 1.27 bits per heavy atom. The number of nitrogens with zero attached hydrogens (tertiary/aromatic N) is 3. The summed E-state index contributed by atoms with van der Waals surface area (Å²) in [6.07, 6.45) is -0.250. The first kappa shape index (κ1) is 23.3. The van der Waals surface area contributed by atoms with Gasteiger partial charge >= 0.3 is 6.09 Å². The molecular formula is C23H26N4O4S2. The highest BCUT2D eigenvalue weighted by atomic mass is 32.1. The fourth-order valence-electron chi connectivity index (χ4n) is 3.90. The molecule has 1 aliphatic heterocycles. The number of anilines is 1. The number of aromatic nitrogens is 2. The molecular weight excluding hydrogens is 460 g/mol. The van der Waals surface area contributed by atoms with Crippen LogP contribution < -0.4 is 5.32 Å². The number of aryl methyl sites for hydroxylation is 1. The van der Waals surface area contributed by atoms with Crippen molar-refractivity contribution in [3.05, 3.63) is 52.0 Å². The van der Waals surface area contributed by atoms with Crippen molar-refractivity contribution >= 4 is 39.8 Å². The molecule has 2 aromatic heterocycles. The van der Waals surface area contributed by atoms with Crippen molar-refractivity contribution in [2.75, 3.05) is 11.9 Å². The zero-order chi connectivity index (χ0) is 23.5. The Kier molecular flexibility index (Phi) is 7.06. The van der Waals surface area contributed by atoms with Gasteiger partial charge in [-0.15, -0.1) is 22.7 Å². The number of benzene rings is 1. The molecule has 3 aromatic rings. The van der Waals surface area contributed by atoms with Gasteiger partial charge in [-0.1, -0.05) is 30.3 Å². The molecule has 2 atom stereocenters. The van der Waals surface area contributed by atoms with E-state index in [0.717, 1.165) is 16.1 Å². The third-order valence-electron chi connectivity index (χ3n) is 5.39. The fourth-order valence-corrected chi connectivity index (χ4v) is 5.57. The molecule has 0 aliphatic carbocycles. The van der Waals surface area contributed by atoms with Crippen molar-refractivity contribution in [3.63, 3.8) is 0 Å². The van der Waals surface area contributed by atoms with Crippen molar-refractivity contribution in [1.82, 2.24) is 14.9 Å². The fraction of sp³-hybridized carbons (Fsp3) is 0.391. The predicted molar refractivity (Wildman–Crippen MR) is 128 cm³/mol. The Hall–Kier alpha value is -2.82. The molecule has 1 saturated heterocycles. The van der Waals surface area contributed by atoms with Crippen LogP contribution in [0.5, 0.6) is 0 Å². The summed E-state index contributed by atoms with van der Waals surface area (Å²) in [7, 11) is 0. The van der Waals surface area contributed by atoms with Crippen LogP contribution in [-0.2, 0) is 16.1 Å². The van der Waals surface area contributed by atoms with Crippen LogP contribution in [0.1, 0.15) is 42.5 Å². The highest BCUT2D eigenvalue weighted by molar-refractivity contribution is 7.17. The van der Waals surface area contributed by atoms with E-state index in [1.807, 2.05) is 42.6 Å². The molecule has 0 bridgehead atoms. The summed E-state index contributed by atoms with van der Waals surface area (Å²) in [4.78, 5) is 37.2. The molecule has 2 N–H and O–H groups in total. The first-order valence-electron chi connectivity index (χ1n) is 10.7. The molecule has 0 saturated carbocycles. The molecule has 3 heterocycles. The Morgan fingerprint density at radius 2 is 2.03 bits per heavy atom. The number of amides is 2. The van der Waals surface area contributed by atoms with Crippen molar-refractivity contribution < 1.29 is 19.4 Å². The number of carbonyl (C=O) groups excluding carboxylic acids is 2. The minimum atomic E-state index is -0.653. The van der Waals surface area contributed by atoms with Crippen LogP contribution in [0, 0.1) is 6.92 Å². The van der Waals surface area contributed by atoms with E-state index in [-0.39, 0.29) is 24.5 Å². The normalized spacial score (nSPS) is 18.0. The predicted octanol–water partition coefficient (Wildman–Crippen LogP) is 4.41. The van der Waals surface area contributed by atoms with Crippen LogP contribution in [0.3, 0.4) is 0 Å². The molecule has 0 radical (unpaired) electrons. The van der Waals surface area contributed by atoms with E-state index in [0.29, 0.717) is 28.8 Å². The van der Waals surface area contributed by atoms with E-state index in [1.54, 1.807) is 13.8 Å². The lowest BCUT2D eigenvalue weighted by Gasteiger charge is -2.24. The third-order valence-corrected chi connectivity index (χ3v) is 7.31. The van der Waals surface area contributed by atoms with Gasteiger partial charge in [-0.05, 0) is 32.8 Å². The number of nitrogens with one attached hydrogen (secondary N) is 1. The first-order valence-corrected chi connectivity index (χ1v) is 12.4. The molecule has 4 rings (SSSR count). The molecule has 33 heavy (non-hydrogen) atoms. The smallest absolute Gasteiger partial charge is 0.410 e. The number of hydrogen-bond donors (Lipinski definition) is 2. The average Bonchev–Trinajstić information content (AvgIpc) is 3.52. The summed E-state index contributed by atoms with van der Waals surface area (Å²) in [5.74, 6) is -0.239. The monoisotopic (exact) mass is 486 g/mol. The lowest BCUT2D eigenvalue weighted by molar-refractivity contribution is -0.120. The zero-order valence-electron chi connectivity index (χ0n) is 18.6. The van der Waals surface area contributed by atoms with E-state index >= 15 is 0 Å². The van der Waals surface area contributed by atoms with Gasteiger partial charge in [0.15, 0.2) is 5.13 Å². The number of ether oxygens (including phenoxy) is 1. The molecule has 174 valence electrons. The van der Waals surface area contributed by atoms with Crippen LogP contribution in [0.25, 0.3) is 10.6 Å². The largest absolute Gasteiger partial charge is 0.447 e.